The number of fused-ring (bicyclic) bond motifs is 1. The van der Waals surface area contributed by atoms with Gasteiger partial charge in [0.2, 0.25) is 0 Å². The first-order chi connectivity index (χ1) is 13.1. The van der Waals surface area contributed by atoms with Crippen LogP contribution in [0, 0.1) is 0 Å². The molecule has 0 aliphatic heterocycles. The van der Waals surface area contributed by atoms with Gasteiger partial charge in [0.05, 0.1) is 21.8 Å². The smallest absolute Gasteiger partial charge is 0.268 e. The van der Waals surface area contributed by atoms with E-state index in [2.05, 4.69) is 10.3 Å². The van der Waals surface area contributed by atoms with Crippen LogP contribution in [0.5, 0.6) is 0 Å². The third-order valence-electron chi connectivity index (χ3n) is 4.47. The van der Waals surface area contributed by atoms with Crippen molar-refractivity contribution in [1.29, 1.82) is 0 Å². The number of para-hydroxylation sites is 1. The average Bonchev–Trinajstić information content (AvgIpc) is 3.04. The second-order valence-electron chi connectivity index (χ2n) is 6.17. The van der Waals surface area contributed by atoms with E-state index in [-0.39, 0.29) is 4.90 Å². The summed E-state index contributed by atoms with van der Waals surface area (Å²) in [4.78, 5) is 4.73. The van der Waals surface area contributed by atoms with Gasteiger partial charge in [-0.3, -0.25) is 4.98 Å². The molecular formula is C21H19N3O2S. The molecule has 136 valence electrons. The maximum absolute atomic E-state index is 13.5. The molecule has 2 heterocycles. The van der Waals surface area contributed by atoms with Crippen molar-refractivity contribution < 1.29 is 8.42 Å². The molecule has 0 amide bonds. The molecule has 1 N–H and O–H groups in total. The van der Waals surface area contributed by atoms with E-state index in [0.717, 1.165) is 16.6 Å². The molecule has 0 saturated heterocycles. The highest BCUT2D eigenvalue weighted by Crippen LogP contribution is 2.36. The quantitative estimate of drug-likeness (QED) is 0.576. The van der Waals surface area contributed by atoms with E-state index in [9.17, 15) is 8.42 Å². The third-order valence-corrected chi connectivity index (χ3v) is 6.24. The van der Waals surface area contributed by atoms with E-state index < -0.39 is 10.0 Å². The Labute approximate surface area is 158 Å². The van der Waals surface area contributed by atoms with Crippen molar-refractivity contribution in [2.75, 3.05) is 7.05 Å². The average molecular weight is 377 g/mol. The molecule has 0 spiro atoms. The number of hydrogen-bond donors (Lipinski definition) is 1. The fourth-order valence-corrected chi connectivity index (χ4v) is 4.94. The van der Waals surface area contributed by atoms with Gasteiger partial charge < -0.3 is 5.32 Å². The Morgan fingerprint density at radius 3 is 2.33 bits per heavy atom. The number of rotatable bonds is 5. The van der Waals surface area contributed by atoms with Crippen molar-refractivity contribution in [3.05, 3.63) is 84.7 Å². The zero-order chi connectivity index (χ0) is 18.9. The molecule has 0 bridgehead atoms. The molecule has 0 unspecified atom stereocenters. The first kappa shape index (κ1) is 17.5. The van der Waals surface area contributed by atoms with Crippen LogP contribution < -0.4 is 5.32 Å². The monoisotopic (exact) mass is 377 g/mol. The minimum absolute atomic E-state index is 0.260. The molecule has 0 aliphatic carbocycles. The van der Waals surface area contributed by atoms with E-state index in [1.807, 2.05) is 42.5 Å². The van der Waals surface area contributed by atoms with Gasteiger partial charge in [-0.25, -0.2) is 12.4 Å². The van der Waals surface area contributed by atoms with Gasteiger partial charge in [0.25, 0.3) is 10.0 Å². The van der Waals surface area contributed by atoms with Crippen molar-refractivity contribution in [2.24, 2.45) is 0 Å². The Bertz CT molecular complexity index is 1180. The van der Waals surface area contributed by atoms with Gasteiger partial charge in [0, 0.05) is 23.7 Å². The largest absolute Gasteiger partial charge is 0.314 e. The summed E-state index contributed by atoms with van der Waals surface area (Å²) in [6, 6.07) is 21.7. The van der Waals surface area contributed by atoms with Gasteiger partial charge in [0.15, 0.2) is 0 Å². The van der Waals surface area contributed by atoms with Crippen LogP contribution in [-0.2, 0) is 16.6 Å². The van der Waals surface area contributed by atoms with Crippen LogP contribution in [0.1, 0.15) is 5.69 Å². The second kappa shape index (κ2) is 6.98. The Morgan fingerprint density at radius 2 is 1.63 bits per heavy atom. The highest BCUT2D eigenvalue weighted by Gasteiger charge is 2.27. The zero-order valence-corrected chi connectivity index (χ0v) is 15.6. The molecular weight excluding hydrogens is 358 g/mol. The Balaban J connectivity index is 2.12. The van der Waals surface area contributed by atoms with E-state index >= 15 is 0 Å². The van der Waals surface area contributed by atoms with E-state index in [0.29, 0.717) is 17.8 Å². The molecule has 4 rings (SSSR count). The third kappa shape index (κ3) is 2.93. The number of pyridine rings is 1. The number of nitrogens with one attached hydrogen (secondary N) is 1. The van der Waals surface area contributed by atoms with Gasteiger partial charge >= 0.3 is 0 Å². The lowest BCUT2D eigenvalue weighted by Gasteiger charge is -2.13. The van der Waals surface area contributed by atoms with Crippen molar-refractivity contribution in [3.63, 3.8) is 0 Å². The van der Waals surface area contributed by atoms with Gasteiger partial charge in [-0.2, -0.15) is 0 Å². The molecule has 2 aromatic heterocycles. The molecule has 4 aromatic rings. The first-order valence-electron chi connectivity index (χ1n) is 8.63. The molecule has 0 aliphatic rings. The predicted molar refractivity (Wildman–Crippen MR) is 107 cm³/mol. The maximum atomic E-state index is 13.5. The Kier molecular flexibility index (Phi) is 4.51. The van der Waals surface area contributed by atoms with Crippen molar-refractivity contribution in [2.45, 2.75) is 11.4 Å². The summed E-state index contributed by atoms with van der Waals surface area (Å²) in [7, 11) is -1.95. The maximum Gasteiger partial charge on any atom is 0.268 e. The molecule has 6 heteroatoms. The predicted octanol–water partition coefficient (Wildman–Crippen LogP) is 3.66. The summed E-state index contributed by atoms with van der Waals surface area (Å²) in [5.74, 6) is 0. The van der Waals surface area contributed by atoms with E-state index in [1.165, 1.54) is 3.97 Å². The SMILES string of the molecule is CNCc1c(-c2ccccn2)c2ccccc2n1S(=O)(=O)c1ccccc1. The van der Waals surface area contributed by atoms with Crippen LogP contribution in [0.3, 0.4) is 0 Å². The van der Waals surface area contributed by atoms with Crippen LogP contribution in [0.15, 0.2) is 83.9 Å². The minimum atomic E-state index is -3.76. The normalized spacial score (nSPS) is 11.7. The molecule has 5 nitrogen and oxygen atoms in total. The summed E-state index contributed by atoms with van der Waals surface area (Å²) in [5, 5.41) is 3.97. The lowest BCUT2D eigenvalue weighted by atomic mass is 10.1. The lowest BCUT2D eigenvalue weighted by molar-refractivity contribution is 0.585. The number of nitrogens with zero attached hydrogens (tertiary/aromatic N) is 2. The van der Waals surface area contributed by atoms with Gasteiger partial charge in [-0.05, 0) is 37.4 Å². The van der Waals surface area contributed by atoms with Crippen molar-refractivity contribution in [3.8, 4) is 11.3 Å². The highest BCUT2D eigenvalue weighted by molar-refractivity contribution is 7.90. The zero-order valence-electron chi connectivity index (χ0n) is 14.8. The van der Waals surface area contributed by atoms with Crippen LogP contribution >= 0.6 is 0 Å². The second-order valence-corrected chi connectivity index (χ2v) is 7.95. The Morgan fingerprint density at radius 1 is 0.926 bits per heavy atom. The topological polar surface area (TPSA) is 64.0 Å². The van der Waals surface area contributed by atoms with Gasteiger partial charge in [-0.15, -0.1) is 0 Å². The van der Waals surface area contributed by atoms with Crippen molar-refractivity contribution in [1.82, 2.24) is 14.3 Å². The highest BCUT2D eigenvalue weighted by atomic mass is 32.2. The summed E-state index contributed by atoms with van der Waals surface area (Å²) in [5.41, 5.74) is 2.90. The summed E-state index contributed by atoms with van der Waals surface area (Å²) < 4.78 is 28.4. The van der Waals surface area contributed by atoms with E-state index in [4.69, 9.17) is 0 Å². The first-order valence-corrected chi connectivity index (χ1v) is 10.1. The number of benzene rings is 2. The summed E-state index contributed by atoms with van der Waals surface area (Å²) in [6.07, 6.45) is 1.72. The summed E-state index contributed by atoms with van der Waals surface area (Å²) in [6.45, 7) is 0.395. The van der Waals surface area contributed by atoms with Crippen LogP contribution in [0.4, 0.5) is 0 Å². The molecule has 0 saturated carbocycles. The Hall–Kier alpha value is -2.96. The van der Waals surface area contributed by atoms with Crippen LogP contribution in [0.25, 0.3) is 22.2 Å². The summed E-state index contributed by atoms with van der Waals surface area (Å²) >= 11 is 0. The standard InChI is InChI=1S/C21H19N3O2S/c1-22-15-20-21(18-12-7-8-14-23-18)17-11-5-6-13-19(17)24(20)27(25,26)16-9-3-2-4-10-16/h2-14,22H,15H2,1H3. The van der Waals surface area contributed by atoms with Crippen molar-refractivity contribution >= 4 is 20.9 Å². The number of aromatic nitrogens is 2. The van der Waals surface area contributed by atoms with Gasteiger partial charge in [-0.1, -0.05) is 42.5 Å². The van der Waals surface area contributed by atoms with Crippen LogP contribution in [0.2, 0.25) is 0 Å². The molecule has 0 fully saturated rings. The number of hydrogen-bond acceptors (Lipinski definition) is 4. The van der Waals surface area contributed by atoms with E-state index in [1.54, 1.807) is 43.6 Å². The molecule has 0 radical (unpaired) electrons. The van der Waals surface area contributed by atoms with Gasteiger partial charge in [0.1, 0.15) is 0 Å². The fraction of sp³-hybridized carbons (Fsp3) is 0.0952. The molecule has 27 heavy (non-hydrogen) atoms. The fourth-order valence-electron chi connectivity index (χ4n) is 3.36. The minimum Gasteiger partial charge on any atom is -0.314 e. The molecule has 0 atom stereocenters. The lowest BCUT2D eigenvalue weighted by Crippen LogP contribution is -2.19. The molecule has 2 aromatic carbocycles. The van der Waals surface area contributed by atoms with Crippen LogP contribution in [-0.4, -0.2) is 24.4 Å².